The number of hydrogen-bond donors (Lipinski definition) is 2. The third-order valence-corrected chi connectivity index (χ3v) is 4.21. The van der Waals surface area contributed by atoms with E-state index in [1.807, 2.05) is 0 Å². The van der Waals surface area contributed by atoms with Gasteiger partial charge in [-0.05, 0) is 43.9 Å². The first-order chi connectivity index (χ1) is 11.2. The Hall–Kier alpha value is -2.08. The van der Waals surface area contributed by atoms with Crippen molar-refractivity contribution in [1.82, 2.24) is 15.5 Å². The first-order valence-corrected chi connectivity index (χ1v) is 8.23. The number of aromatic nitrogens is 2. The van der Waals surface area contributed by atoms with Crippen molar-refractivity contribution in [2.24, 2.45) is 0 Å². The Morgan fingerprint density at radius 3 is 2.83 bits per heavy atom. The minimum absolute atomic E-state index is 0.110. The molecule has 1 aromatic carbocycles. The number of benzene rings is 1. The van der Waals surface area contributed by atoms with Crippen LogP contribution in [0.2, 0.25) is 5.02 Å². The van der Waals surface area contributed by atoms with E-state index in [0.29, 0.717) is 46.6 Å². The summed E-state index contributed by atoms with van der Waals surface area (Å²) in [4.78, 5) is 12.3. The maximum absolute atomic E-state index is 12.3. The number of nitrogens with one attached hydrogen (secondary N) is 2. The zero-order valence-electron chi connectivity index (χ0n) is 12.5. The van der Waals surface area contributed by atoms with Crippen LogP contribution in [0.1, 0.15) is 53.7 Å². The highest BCUT2D eigenvalue weighted by atomic mass is 35.5. The van der Waals surface area contributed by atoms with Gasteiger partial charge in [-0.1, -0.05) is 11.6 Å². The van der Waals surface area contributed by atoms with E-state index in [-0.39, 0.29) is 5.91 Å². The Balaban J connectivity index is 1.46. The van der Waals surface area contributed by atoms with Crippen LogP contribution in [0.5, 0.6) is 0 Å². The van der Waals surface area contributed by atoms with Crippen molar-refractivity contribution < 1.29 is 9.21 Å². The molecule has 0 radical (unpaired) electrons. The Labute approximate surface area is 138 Å². The average Bonchev–Trinajstić information content (AvgIpc) is 3.47. The van der Waals surface area contributed by atoms with Crippen molar-refractivity contribution in [2.45, 2.75) is 44.2 Å². The van der Waals surface area contributed by atoms with Crippen LogP contribution < -0.4 is 10.6 Å². The van der Waals surface area contributed by atoms with Gasteiger partial charge in [0.2, 0.25) is 11.8 Å². The molecule has 120 valence electrons. The summed E-state index contributed by atoms with van der Waals surface area (Å²) >= 11 is 6.03. The highest BCUT2D eigenvalue weighted by molar-refractivity contribution is 6.31. The van der Waals surface area contributed by atoms with E-state index in [1.165, 1.54) is 0 Å². The fourth-order valence-electron chi connectivity index (χ4n) is 2.35. The predicted molar refractivity (Wildman–Crippen MR) is 85.5 cm³/mol. The number of rotatable bonds is 6. The van der Waals surface area contributed by atoms with Crippen LogP contribution in [0, 0.1) is 0 Å². The summed E-state index contributed by atoms with van der Waals surface area (Å²) in [6.45, 7) is 0.380. The summed E-state index contributed by atoms with van der Waals surface area (Å²) < 4.78 is 5.62. The van der Waals surface area contributed by atoms with E-state index in [2.05, 4.69) is 20.8 Å². The first-order valence-electron chi connectivity index (χ1n) is 7.85. The molecule has 4 rings (SSSR count). The lowest BCUT2D eigenvalue weighted by atomic mass is 10.1. The Morgan fingerprint density at radius 1 is 1.26 bits per heavy atom. The molecule has 0 bridgehead atoms. The largest absolute Gasteiger partial charge is 0.423 e. The number of anilines is 1. The monoisotopic (exact) mass is 332 g/mol. The lowest BCUT2D eigenvalue weighted by Gasteiger charge is -2.11. The molecule has 23 heavy (non-hydrogen) atoms. The maximum atomic E-state index is 12.3. The molecular formula is C16H17ClN4O2. The van der Waals surface area contributed by atoms with Gasteiger partial charge >= 0.3 is 0 Å². The fraction of sp³-hybridized carbons (Fsp3) is 0.438. The molecular weight excluding hydrogens is 316 g/mol. The Kier molecular flexibility index (Phi) is 3.69. The molecule has 7 heteroatoms. The van der Waals surface area contributed by atoms with Crippen LogP contribution in [0.15, 0.2) is 22.6 Å². The molecule has 2 N–H and O–H groups in total. The fourth-order valence-corrected chi connectivity index (χ4v) is 2.53. The molecule has 2 fully saturated rings. The lowest BCUT2D eigenvalue weighted by Crippen LogP contribution is -2.26. The van der Waals surface area contributed by atoms with Gasteiger partial charge in [0.25, 0.3) is 5.91 Å². The van der Waals surface area contributed by atoms with Gasteiger partial charge in [0, 0.05) is 22.7 Å². The highest BCUT2D eigenvalue weighted by Crippen LogP contribution is 2.39. The van der Waals surface area contributed by atoms with Gasteiger partial charge in [0.05, 0.1) is 12.1 Å². The molecule has 1 amide bonds. The molecule has 0 unspecified atom stereocenters. The summed E-state index contributed by atoms with van der Waals surface area (Å²) in [5, 5.41) is 14.8. The summed E-state index contributed by atoms with van der Waals surface area (Å²) in [6, 6.07) is 5.51. The Bertz CT molecular complexity index is 737. The number of hydrogen-bond acceptors (Lipinski definition) is 5. The van der Waals surface area contributed by atoms with E-state index in [9.17, 15) is 4.79 Å². The third-order valence-electron chi connectivity index (χ3n) is 3.98. The van der Waals surface area contributed by atoms with Crippen LogP contribution in [0.4, 0.5) is 5.69 Å². The minimum atomic E-state index is -0.110. The summed E-state index contributed by atoms with van der Waals surface area (Å²) in [5.41, 5.74) is 1.24. The van der Waals surface area contributed by atoms with Crippen LogP contribution >= 0.6 is 11.6 Å². The van der Waals surface area contributed by atoms with Gasteiger partial charge in [0.1, 0.15) is 0 Å². The van der Waals surface area contributed by atoms with Gasteiger partial charge in [0.15, 0.2) is 0 Å². The SMILES string of the molecule is O=C(NC1CC1)c1cc(Cl)ccc1NCc1nnc(C2CC2)o1. The predicted octanol–water partition coefficient (Wildman–Crippen LogP) is 3.10. The third kappa shape index (κ3) is 3.47. The molecule has 1 heterocycles. The standard InChI is InChI=1S/C16H17ClN4O2/c17-10-3-6-13(12(7-10)15(22)19-11-4-5-11)18-8-14-20-21-16(23-14)9-1-2-9/h3,6-7,9,11,18H,1-2,4-5,8H2,(H,19,22). The average molecular weight is 333 g/mol. The van der Waals surface area contributed by atoms with Gasteiger partial charge in [-0.2, -0.15) is 0 Å². The van der Waals surface area contributed by atoms with E-state index in [0.717, 1.165) is 25.7 Å². The molecule has 0 atom stereocenters. The van der Waals surface area contributed by atoms with Crippen molar-refractivity contribution in [1.29, 1.82) is 0 Å². The molecule has 1 aromatic heterocycles. The number of carbonyl (C=O) groups is 1. The summed E-state index contributed by atoms with van der Waals surface area (Å²) in [7, 11) is 0. The number of nitrogens with zero attached hydrogens (tertiary/aromatic N) is 2. The van der Waals surface area contributed by atoms with Crippen molar-refractivity contribution in [3.63, 3.8) is 0 Å². The maximum Gasteiger partial charge on any atom is 0.253 e. The van der Waals surface area contributed by atoms with Crippen LogP contribution in [0.25, 0.3) is 0 Å². The minimum Gasteiger partial charge on any atom is -0.423 e. The molecule has 0 saturated heterocycles. The second-order valence-corrected chi connectivity index (χ2v) is 6.54. The number of carbonyl (C=O) groups excluding carboxylic acids is 1. The van der Waals surface area contributed by atoms with Gasteiger partial charge in [-0.25, -0.2) is 0 Å². The van der Waals surface area contributed by atoms with E-state index in [4.69, 9.17) is 16.0 Å². The zero-order chi connectivity index (χ0) is 15.8. The normalized spacial score (nSPS) is 17.1. The zero-order valence-corrected chi connectivity index (χ0v) is 13.3. The lowest BCUT2D eigenvalue weighted by molar-refractivity contribution is 0.0952. The molecule has 2 saturated carbocycles. The topological polar surface area (TPSA) is 80.0 Å². The number of amides is 1. The van der Waals surface area contributed by atoms with Crippen molar-refractivity contribution in [3.05, 3.63) is 40.6 Å². The van der Waals surface area contributed by atoms with Gasteiger partial charge in [-0.15, -0.1) is 10.2 Å². The second-order valence-electron chi connectivity index (χ2n) is 6.10. The van der Waals surface area contributed by atoms with Crippen LogP contribution in [-0.2, 0) is 6.54 Å². The van der Waals surface area contributed by atoms with E-state index >= 15 is 0 Å². The highest BCUT2D eigenvalue weighted by Gasteiger charge is 2.29. The van der Waals surface area contributed by atoms with Crippen LogP contribution in [0.3, 0.4) is 0 Å². The van der Waals surface area contributed by atoms with Gasteiger partial charge in [-0.3, -0.25) is 4.79 Å². The molecule has 6 nitrogen and oxygen atoms in total. The quantitative estimate of drug-likeness (QED) is 0.849. The molecule has 2 aromatic rings. The van der Waals surface area contributed by atoms with Crippen LogP contribution in [-0.4, -0.2) is 22.1 Å². The molecule has 0 spiro atoms. The smallest absolute Gasteiger partial charge is 0.253 e. The van der Waals surface area contributed by atoms with Gasteiger partial charge < -0.3 is 15.1 Å². The van der Waals surface area contributed by atoms with Crippen molar-refractivity contribution >= 4 is 23.2 Å². The van der Waals surface area contributed by atoms with E-state index < -0.39 is 0 Å². The summed E-state index contributed by atoms with van der Waals surface area (Å²) in [6.07, 6.45) is 4.33. The second kappa shape index (κ2) is 5.85. The first kappa shape index (κ1) is 14.5. The Morgan fingerprint density at radius 2 is 2.09 bits per heavy atom. The number of halogens is 1. The van der Waals surface area contributed by atoms with Crippen molar-refractivity contribution in [2.75, 3.05) is 5.32 Å². The molecule has 0 aliphatic heterocycles. The summed E-state index contributed by atoms with van der Waals surface area (Å²) in [5.74, 6) is 1.56. The molecule has 2 aliphatic carbocycles. The molecule has 2 aliphatic rings. The van der Waals surface area contributed by atoms with E-state index in [1.54, 1.807) is 18.2 Å². The van der Waals surface area contributed by atoms with Crippen molar-refractivity contribution in [3.8, 4) is 0 Å².